The van der Waals surface area contributed by atoms with Crippen LogP contribution in [0.1, 0.15) is 55.5 Å². The minimum atomic E-state index is -0.163. The molecule has 1 aromatic heterocycles. The summed E-state index contributed by atoms with van der Waals surface area (Å²) in [4.78, 5) is 35.1. The molecule has 0 aromatic carbocycles. The largest absolute Gasteiger partial charge is 0.379 e. The number of morpholine rings is 1. The van der Waals surface area contributed by atoms with Crippen LogP contribution in [0.15, 0.2) is 0 Å². The van der Waals surface area contributed by atoms with E-state index in [0.717, 1.165) is 56.3 Å². The van der Waals surface area contributed by atoms with Crippen molar-refractivity contribution in [3.05, 3.63) is 10.6 Å². The van der Waals surface area contributed by atoms with Gasteiger partial charge in [-0.2, -0.15) is 0 Å². The Bertz CT molecular complexity index is 677. The Balaban J connectivity index is 1.50. The lowest BCUT2D eigenvalue weighted by molar-refractivity contribution is -0.135. The molecule has 1 aliphatic heterocycles. The van der Waals surface area contributed by atoms with Gasteiger partial charge in [-0.1, -0.05) is 25.7 Å². The van der Waals surface area contributed by atoms with Gasteiger partial charge in [-0.15, -0.1) is 11.3 Å². The maximum absolute atomic E-state index is 12.9. The van der Waals surface area contributed by atoms with Crippen LogP contribution in [0.2, 0.25) is 0 Å². The lowest BCUT2D eigenvalue weighted by Crippen LogP contribution is -2.41. The van der Waals surface area contributed by atoms with E-state index in [9.17, 15) is 9.59 Å². The number of hydrogen-bond donors (Lipinski definition) is 1. The third kappa shape index (κ3) is 7.32. The Labute approximate surface area is 184 Å². The average molecular weight is 437 g/mol. The van der Waals surface area contributed by atoms with Crippen LogP contribution in [-0.2, 0) is 14.3 Å². The van der Waals surface area contributed by atoms with E-state index >= 15 is 0 Å². The van der Waals surface area contributed by atoms with Crippen molar-refractivity contribution in [3.8, 4) is 0 Å². The summed E-state index contributed by atoms with van der Waals surface area (Å²) in [5, 5.41) is 3.49. The second-order valence-electron chi connectivity index (χ2n) is 8.52. The van der Waals surface area contributed by atoms with Crippen molar-refractivity contribution in [1.29, 1.82) is 0 Å². The van der Waals surface area contributed by atoms with Crippen LogP contribution in [-0.4, -0.2) is 72.5 Å². The summed E-state index contributed by atoms with van der Waals surface area (Å²) in [6.45, 7) is 9.02. The van der Waals surface area contributed by atoms with Crippen molar-refractivity contribution < 1.29 is 14.3 Å². The molecule has 0 atom stereocenters. The molecule has 3 rings (SSSR count). The van der Waals surface area contributed by atoms with Crippen molar-refractivity contribution in [2.75, 3.05) is 51.3 Å². The van der Waals surface area contributed by atoms with Gasteiger partial charge in [0.15, 0.2) is 5.13 Å². The van der Waals surface area contributed by atoms with Crippen LogP contribution in [0.3, 0.4) is 0 Å². The molecule has 0 spiro atoms. The quantitative estimate of drug-likeness (QED) is 0.610. The minimum absolute atomic E-state index is 0.101. The van der Waals surface area contributed by atoms with Crippen LogP contribution < -0.4 is 5.32 Å². The number of rotatable bonds is 10. The number of thiazole rings is 1. The highest BCUT2D eigenvalue weighted by Crippen LogP contribution is 2.28. The van der Waals surface area contributed by atoms with Crippen molar-refractivity contribution in [2.45, 2.75) is 58.8 Å². The van der Waals surface area contributed by atoms with E-state index in [2.05, 4.69) is 15.2 Å². The number of ether oxygens (including phenoxy) is 1. The smallest absolute Gasteiger partial charge is 0.245 e. The number of amides is 2. The second kappa shape index (κ2) is 11.8. The molecule has 1 saturated carbocycles. The van der Waals surface area contributed by atoms with Gasteiger partial charge in [0.05, 0.1) is 25.5 Å². The van der Waals surface area contributed by atoms with E-state index in [0.29, 0.717) is 24.0 Å². The Morgan fingerprint density at radius 3 is 2.63 bits per heavy atom. The van der Waals surface area contributed by atoms with Crippen molar-refractivity contribution >= 4 is 28.3 Å². The Morgan fingerprint density at radius 2 is 1.97 bits per heavy atom. The van der Waals surface area contributed by atoms with E-state index in [1.165, 1.54) is 37.0 Å². The summed E-state index contributed by atoms with van der Waals surface area (Å²) in [5.74, 6) is 0.620. The van der Waals surface area contributed by atoms with Crippen LogP contribution in [0.25, 0.3) is 0 Å². The van der Waals surface area contributed by atoms with E-state index in [4.69, 9.17) is 4.74 Å². The van der Waals surface area contributed by atoms with Gasteiger partial charge in [-0.05, 0) is 32.6 Å². The highest BCUT2D eigenvalue weighted by molar-refractivity contribution is 7.15. The zero-order valence-corrected chi connectivity index (χ0v) is 19.3. The van der Waals surface area contributed by atoms with Crippen molar-refractivity contribution in [1.82, 2.24) is 14.8 Å². The van der Waals surface area contributed by atoms with Gasteiger partial charge >= 0.3 is 0 Å². The first-order chi connectivity index (χ1) is 14.5. The lowest BCUT2D eigenvalue weighted by Gasteiger charge is -2.28. The third-order valence-corrected chi connectivity index (χ3v) is 7.20. The Hall–Kier alpha value is -1.51. The molecule has 0 bridgehead atoms. The van der Waals surface area contributed by atoms with E-state index in [-0.39, 0.29) is 18.4 Å². The Kier molecular flexibility index (Phi) is 9.08. The molecule has 1 aliphatic carbocycles. The third-order valence-electron chi connectivity index (χ3n) is 6.21. The maximum atomic E-state index is 12.9. The molecule has 30 heavy (non-hydrogen) atoms. The average Bonchev–Trinajstić information content (AvgIpc) is 3.36. The predicted molar refractivity (Wildman–Crippen MR) is 120 cm³/mol. The number of aryl methyl sites for hydroxylation is 2. The summed E-state index contributed by atoms with van der Waals surface area (Å²) < 4.78 is 5.40. The number of carbonyl (C=O) groups excluding carboxylic acids is 2. The summed E-state index contributed by atoms with van der Waals surface area (Å²) >= 11 is 1.48. The molecule has 2 fully saturated rings. The first kappa shape index (κ1) is 23.2. The van der Waals surface area contributed by atoms with Crippen LogP contribution >= 0.6 is 11.3 Å². The molecular weight excluding hydrogens is 400 g/mol. The van der Waals surface area contributed by atoms with Gasteiger partial charge in [0.25, 0.3) is 0 Å². The highest BCUT2D eigenvalue weighted by atomic mass is 32.1. The van der Waals surface area contributed by atoms with E-state index in [1.54, 1.807) is 4.90 Å². The van der Waals surface area contributed by atoms with E-state index < -0.39 is 0 Å². The molecule has 0 radical (unpaired) electrons. The van der Waals surface area contributed by atoms with Gasteiger partial charge in [0.1, 0.15) is 0 Å². The van der Waals surface area contributed by atoms with Gasteiger partial charge in [0, 0.05) is 37.5 Å². The van der Waals surface area contributed by atoms with Crippen LogP contribution in [0.4, 0.5) is 5.13 Å². The fourth-order valence-electron chi connectivity index (χ4n) is 4.24. The summed E-state index contributed by atoms with van der Waals surface area (Å²) in [6, 6.07) is 0. The number of nitrogens with zero attached hydrogens (tertiary/aromatic N) is 3. The first-order valence-electron chi connectivity index (χ1n) is 11.3. The first-order valence-corrected chi connectivity index (χ1v) is 12.1. The fraction of sp³-hybridized carbons (Fsp3) is 0.773. The molecule has 2 heterocycles. The minimum Gasteiger partial charge on any atom is -0.379 e. The summed E-state index contributed by atoms with van der Waals surface area (Å²) in [5.41, 5.74) is 0.935. The lowest BCUT2D eigenvalue weighted by atomic mass is 10.0. The van der Waals surface area contributed by atoms with Crippen LogP contribution in [0.5, 0.6) is 0 Å². The van der Waals surface area contributed by atoms with Crippen molar-refractivity contribution in [3.63, 3.8) is 0 Å². The molecule has 8 heteroatoms. The standard InChI is InChI=1S/C22H36N4O3S/c1-17-18(2)30-22(23-17)24-20(27)16-26(11-5-10-25-12-14-29-15-13-25)21(28)9-8-19-6-3-4-7-19/h19H,3-16H2,1-2H3,(H,23,24,27). The zero-order valence-electron chi connectivity index (χ0n) is 18.5. The normalized spacial score (nSPS) is 17.9. The maximum Gasteiger partial charge on any atom is 0.245 e. The second-order valence-corrected chi connectivity index (χ2v) is 9.72. The fourth-order valence-corrected chi connectivity index (χ4v) is 5.08. The Morgan fingerprint density at radius 1 is 1.23 bits per heavy atom. The summed E-state index contributed by atoms with van der Waals surface area (Å²) in [7, 11) is 0. The van der Waals surface area contributed by atoms with Crippen molar-refractivity contribution in [2.24, 2.45) is 5.92 Å². The van der Waals surface area contributed by atoms with Gasteiger partial charge < -0.3 is 15.0 Å². The molecule has 168 valence electrons. The molecule has 7 nitrogen and oxygen atoms in total. The predicted octanol–water partition coefficient (Wildman–Crippen LogP) is 3.22. The molecule has 1 saturated heterocycles. The van der Waals surface area contributed by atoms with Gasteiger partial charge in [-0.3, -0.25) is 14.5 Å². The molecule has 1 N–H and O–H groups in total. The highest BCUT2D eigenvalue weighted by Gasteiger charge is 2.22. The van der Waals surface area contributed by atoms with E-state index in [1.807, 2.05) is 13.8 Å². The molecular formula is C22H36N4O3S. The number of anilines is 1. The SMILES string of the molecule is Cc1nc(NC(=O)CN(CCCN2CCOCC2)C(=O)CCC2CCCC2)sc1C. The summed E-state index contributed by atoms with van der Waals surface area (Å²) in [6.07, 6.45) is 7.43. The molecule has 2 amide bonds. The van der Waals surface area contributed by atoms with Gasteiger partial charge in [0.2, 0.25) is 11.8 Å². The monoisotopic (exact) mass is 436 g/mol. The molecule has 2 aliphatic rings. The number of hydrogen-bond acceptors (Lipinski definition) is 6. The van der Waals surface area contributed by atoms with Gasteiger partial charge in [-0.25, -0.2) is 4.98 Å². The topological polar surface area (TPSA) is 74.8 Å². The number of aromatic nitrogens is 1. The molecule has 1 aromatic rings. The number of carbonyl (C=O) groups is 2. The number of nitrogens with one attached hydrogen (secondary N) is 1. The zero-order chi connectivity index (χ0) is 21.3. The molecule has 0 unspecified atom stereocenters. The van der Waals surface area contributed by atoms with Crippen LogP contribution in [0, 0.1) is 19.8 Å².